The highest BCUT2D eigenvalue weighted by Gasteiger charge is 2.04. The largest absolute Gasteiger partial charge is 0.481 e. The zero-order chi connectivity index (χ0) is 17.4. The minimum absolute atomic E-state index is 0.131. The van der Waals surface area contributed by atoms with E-state index in [-0.39, 0.29) is 12.5 Å². The van der Waals surface area contributed by atoms with Gasteiger partial charge in [-0.15, -0.1) is 0 Å². The number of rotatable bonds is 7. The van der Waals surface area contributed by atoms with Crippen LogP contribution in [0.5, 0.6) is 0 Å². The van der Waals surface area contributed by atoms with Crippen molar-refractivity contribution in [3.63, 3.8) is 0 Å². The minimum atomic E-state index is -0.792. The van der Waals surface area contributed by atoms with E-state index in [1.165, 1.54) is 0 Å². The molecule has 0 heterocycles. The first kappa shape index (κ1) is 17.5. The molecular weight excluding hydrogens is 304 g/mol. The maximum Gasteiger partial charge on any atom is 0.319 e. The zero-order valence-electron chi connectivity index (χ0n) is 13.7. The van der Waals surface area contributed by atoms with Crippen molar-refractivity contribution in [3.8, 4) is 11.1 Å². The van der Waals surface area contributed by atoms with Crippen LogP contribution in [-0.4, -0.2) is 23.7 Å². The molecule has 0 radical (unpaired) electrons. The lowest BCUT2D eigenvalue weighted by molar-refractivity contribution is -0.136. The smallest absolute Gasteiger partial charge is 0.319 e. The number of carbonyl (C=O) groups is 2. The van der Waals surface area contributed by atoms with Crippen molar-refractivity contribution in [1.82, 2.24) is 5.32 Å². The van der Waals surface area contributed by atoms with Crippen molar-refractivity contribution in [2.24, 2.45) is 0 Å². The average Bonchev–Trinajstić information content (AvgIpc) is 2.59. The van der Waals surface area contributed by atoms with Crippen molar-refractivity contribution < 1.29 is 14.7 Å². The van der Waals surface area contributed by atoms with E-state index in [0.29, 0.717) is 13.0 Å². The van der Waals surface area contributed by atoms with E-state index in [2.05, 4.69) is 10.6 Å². The fraction of sp³-hybridized carbons (Fsp3) is 0.263. The second-order valence-corrected chi connectivity index (χ2v) is 5.55. The van der Waals surface area contributed by atoms with E-state index < -0.39 is 5.97 Å². The standard InChI is InChI=1S/C19H22N2O3/c1-2-12-20-19(24)21-17-5-3-4-16(13-17)15-9-6-14(7-10-15)8-11-18(22)23/h3-7,9-10,13H,2,8,11-12H2,1H3,(H,22,23)(H2,20,21,24). The average molecular weight is 326 g/mol. The molecule has 0 fully saturated rings. The Balaban J connectivity index is 2.05. The zero-order valence-corrected chi connectivity index (χ0v) is 13.7. The van der Waals surface area contributed by atoms with Crippen LogP contribution in [0.25, 0.3) is 11.1 Å². The predicted octanol–water partition coefficient (Wildman–Crippen LogP) is 3.90. The number of anilines is 1. The van der Waals surface area contributed by atoms with Crippen LogP contribution < -0.4 is 10.6 Å². The molecular formula is C19H22N2O3. The normalized spacial score (nSPS) is 10.2. The van der Waals surface area contributed by atoms with Crippen LogP contribution in [-0.2, 0) is 11.2 Å². The van der Waals surface area contributed by atoms with Gasteiger partial charge in [0.05, 0.1) is 0 Å². The molecule has 0 saturated heterocycles. The van der Waals surface area contributed by atoms with Crippen LogP contribution in [0.1, 0.15) is 25.3 Å². The van der Waals surface area contributed by atoms with Crippen LogP contribution in [0, 0.1) is 0 Å². The van der Waals surface area contributed by atoms with Gasteiger partial charge in [0.1, 0.15) is 0 Å². The SMILES string of the molecule is CCCNC(=O)Nc1cccc(-c2ccc(CCC(=O)O)cc2)c1. The molecule has 2 amide bonds. The molecule has 0 saturated carbocycles. The molecule has 2 rings (SSSR count). The fourth-order valence-corrected chi connectivity index (χ4v) is 2.31. The van der Waals surface area contributed by atoms with Crippen LogP contribution >= 0.6 is 0 Å². The lowest BCUT2D eigenvalue weighted by atomic mass is 10.0. The van der Waals surface area contributed by atoms with Gasteiger partial charge in [-0.1, -0.05) is 43.3 Å². The van der Waals surface area contributed by atoms with Gasteiger partial charge >= 0.3 is 12.0 Å². The number of hydrogen-bond acceptors (Lipinski definition) is 2. The summed E-state index contributed by atoms with van der Waals surface area (Å²) in [5.41, 5.74) is 3.74. The van der Waals surface area contributed by atoms with Crippen molar-refractivity contribution in [1.29, 1.82) is 0 Å². The summed E-state index contributed by atoms with van der Waals surface area (Å²) in [4.78, 5) is 22.3. The summed E-state index contributed by atoms with van der Waals surface area (Å²) in [7, 11) is 0. The van der Waals surface area contributed by atoms with Gasteiger partial charge in [-0.05, 0) is 41.7 Å². The minimum Gasteiger partial charge on any atom is -0.481 e. The quantitative estimate of drug-likeness (QED) is 0.722. The molecule has 5 nitrogen and oxygen atoms in total. The number of benzene rings is 2. The summed E-state index contributed by atoms with van der Waals surface area (Å²) in [6.07, 6.45) is 1.54. The summed E-state index contributed by atoms with van der Waals surface area (Å²) in [6.45, 7) is 2.64. The highest BCUT2D eigenvalue weighted by molar-refractivity contribution is 5.90. The molecule has 0 atom stereocenters. The molecule has 0 aliphatic carbocycles. The van der Waals surface area contributed by atoms with E-state index in [4.69, 9.17) is 5.11 Å². The first-order chi connectivity index (χ1) is 11.6. The monoisotopic (exact) mass is 326 g/mol. The first-order valence-electron chi connectivity index (χ1n) is 8.04. The van der Waals surface area contributed by atoms with Crippen molar-refractivity contribution in [2.45, 2.75) is 26.2 Å². The highest BCUT2D eigenvalue weighted by atomic mass is 16.4. The van der Waals surface area contributed by atoms with Crippen molar-refractivity contribution in [3.05, 3.63) is 54.1 Å². The molecule has 3 N–H and O–H groups in total. The lowest BCUT2D eigenvalue weighted by Crippen LogP contribution is -2.29. The molecule has 126 valence electrons. The van der Waals surface area contributed by atoms with Gasteiger partial charge < -0.3 is 15.7 Å². The van der Waals surface area contributed by atoms with Crippen LogP contribution in [0.3, 0.4) is 0 Å². The van der Waals surface area contributed by atoms with Gasteiger partial charge in [0.15, 0.2) is 0 Å². The number of carboxylic acid groups (broad SMARTS) is 1. The Bertz CT molecular complexity index is 696. The number of aliphatic carboxylic acids is 1. The van der Waals surface area contributed by atoms with Crippen LogP contribution in [0.2, 0.25) is 0 Å². The third-order valence-electron chi connectivity index (χ3n) is 3.57. The maximum atomic E-state index is 11.7. The Morgan fingerprint density at radius 1 is 1.04 bits per heavy atom. The van der Waals surface area contributed by atoms with Gasteiger partial charge in [0.2, 0.25) is 0 Å². The maximum absolute atomic E-state index is 11.7. The third kappa shape index (κ3) is 5.43. The fourth-order valence-electron chi connectivity index (χ4n) is 2.31. The number of aryl methyl sites for hydroxylation is 1. The van der Waals surface area contributed by atoms with E-state index in [9.17, 15) is 9.59 Å². The second-order valence-electron chi connectivity index (χ2n) is 5.55. The Labute approximate surface area is 141 Å². The summed E-state index contributed by atoms with van der Waals surface area (Å²) >= 11 is 0. The third-order valence-corrected chi connectivity index (χ3v) is 3.57. The lowest BCUT2D eigenvalue weighted by Gasteiger charge is -2.09. The molecule has 2 aromatic rings. The molecule has 0 aliphatic rings. The molecule has 0 unspecified atom stereocenters. The number of urea groups is 1. The van der Waals surface area contributed by atoms with Crippen molar-refractivity contribution in [2.75, 3.05) is 11.9 Å². The number of carbonyl (C=O) groups excluding carboxylic acids is 1. The number of amides is 2. The Morgan fingerprint density at radius 2 is 1.79 bits per heavy atom. The van der Waals surface area contributed by atoms with E-state index in [1.54, 1.807) is 0 Å². The van der Waals surface area contributed by atoms with Gasteiger partial charge in [0.25, 0.3) is 0 Å². The molecule has 5 heteroatoms. The second kappa shape index (κ2) is 8.72. The number of nitrogens with one attached hydrogen (secondary N) is 2. The van der Waals surface area contributed by atoms with E-state index >= 15 is 0 Å². The first-order valence-corrected chi connectivity index (χ1v) is 8.04. The molecule has 2 aromatic carbocycles. The number of hydrogen-bond donors (Lipinski definition) is 3. The van der Waals surface area contributed by atoms with E-state index in [1.807, 2.05) is 55.5 Å². The molecule has 0 bridgehead atoms. The molecule has 0 aliphatic heterocycles. The Morgan fingerprint density at radius 3 is 2.46 bits per heavy atom. The van der Waals surface area contributed by atoms with Gasteiger partial charge in [-0.3, -0.25) is 4.79 Å². The summed E-state index contributed by atoms with van der Waals surface area (Å²) in [5, 5.41) is 14.3. The van der Waals surface area contributed by atoms with Gasteiger partial charge in [-0.2, -0.15) is 0 Å². The summed E-state index contributed by atoms with van der Waals surface area (Å²) in [6, 6.07) is 15.2. The summed E-state index contributed by atoms with van der Waals surface area (Å²) in [5.74, 6) is -0.792. The van der Waals surface area contributed by atoms with Crippen LogP contribution in [0.15, 0.2) is 48.5 Å². The Hall–Kier alpha value is -2.82. The summed E-state index contributed by atoms with van der Waals surface area (Å²) < 4.78 is 0. The van der Waals surface area contributed by atoms with Gasteiger partial charge in [-0.25, -0.2) is 4.79 Å². The Kier molecular flexibility index (Phi) is 6.37. The van der Waals surface area contributed by atoms with E-state index in [0.717, 1.165) is 28.8 Å². The molecule has 0 aromatic heterocycles. The number of carboxylic acids is 1. The van der Waals surface area contributed by atoms with Gasteiger partial charge in [0, 0.05) is 18.7 Å². The van der Waals surface area contributed by atoms with Crippen LogP contribution in [0.4, 0.5) is 10.5 Å². The molecule has 0 spiro atoms. The molecule has 24 heavy (non-hydrogen) atoms. The topological polar surface area (TPSA) is 78.4 Å². The highest BCUT2D eigenvalue weighted by Crippen LogP contribution is 2.23. The van der Waals surface area contributed by atoms with Crippen molar-refractivity contribution >= 4 is 17.7 Å². The predicted molar refractivity (Wildman–Crippen MR) is 95.1 cm³/mol.